The summed E-state index contributed by atoms with van der Waals surface area (Å²) in [7, 11) is 0. The summed E-state index contributed by atoms with van der Waals surface area (Å²) in [4.78, 5) is 24.9. The van der Waals surface area contributed by atoms with Gasteiger partial charge in [-0.2, -0.15) is 0 Å². The van der Waals surface area contributed by atoms with Crippen LogP contribution in [0.15, 0.2) is 54.2 Å². The maximum Gasteiger partial charge on any atom is 0.343 e. The molecule has 0 aliphatic rings. The van der Waals surface area contributed by atoms with Crippen molar-refractivity contribution in [2.75, 3.05) is 17.7 Å². The van der Waals surface area contributed by atoms with Crippen LogP contribution in [0, 0.1) is 23.3 Å². The van der Waals surface area contributed by atoms with Gasteiger partial charge in [0.25, 0.3) is 0 Å². The van der Waals surface area contributed by atoms with E-state index in [1.807, 2.05) is 12.1 Å². The van der Waals surface area contributed by atoms with Gasteiger partial charge in [0.05, 0.1) is 23.5 Å². The van der Waals surface area contributed by atoms with Crippen molar-refractivity contribution in [2.45, 2.75) is 6.92 Å². The molecule has 0 amide bonds. The monoisotopic (exact) mass is 432 g/mol. The number of anilines is 2. The molecule has 0 spiro atoms. The Kier molecular flexibility index (Phi) is 6.24. The molecule has 160 valence electrons. The summed E-state index contributed by atoms with van der Waals surface area (Å²) in [5.74, 6) is -10.5. The number of nitrogen functional groups attached to an aromatic ring is 1. The lowest BCUT2D eigenvalue weighted by Gasteiger charge is -2.11. The van der Waals surface area contributed by atoms with Crippen molar-refractivity contribution >= 4 is 33.9 Å². The molecule has 3 aromatic rings. The van der Waals surface area contributed by atoms with Crippen molar-refractivity contribution < 1.29 is 31.9 Å². The van der Waals surface area contributed by atoms with Gasteiger partial charge in [0.15, 0.2) is 23.3 Å². The van der Waals surface area contributed by atoms with E-state index in [0.29, 0.717) is 5.69 Å². The van der Waals surface area contributed by atoms with Crippen LogP contribution in [-0.2, 0) is 9.53 Å². The average molecular weight is 432 g/mol. The molecule has 5 nitrogen and oxygen atoms in total. The zero-order chi connectivity index (χ0) is 22.7. The molecule has 0 aromatic heterocycles. The zero-order valence-corrected chi connectivity index (χ0v) is 16.1. The highest BCUT2D eigenvalue weighted by Crippen LogP contribution is 2.27. The molecule has 3 N–H and O–H groups in total. The Morgan fingerprint density at radius 1 is 1.00 bits per heavy atom. The molecule has 0 bridgehead atoms. The first-order valence-corrected chi connectivity index (χ1v) is 9.04. The summed E-state index contributed by atoms with van der Waals surface area (Å²) in [6.07, 6.45) is 0.888. The number of esters is 1. The van der Waals surface area contributed by atoms with Crippen LogP contribution < -0.4 is 11.1 Å². The van der Waals surface area contributed by atoms with Crippen molar-refractivity contribution in [2.24, 2.45) is 0 Å². The van der Waals surface area contributed by atoms with Gasteiger partial charge >= 0.3 is 5.97 Å². The number of ketones is 1. The molecule has 0 aliphatic heterocycles. The Balaban J connectivity index is 2.04. The van der Waals surface area contributed by atoms with E-state index in [-0.39, 0.29) is 18.4 Å². The molecule has 0 saturated carbocycles. The smallest absolute Gasteiger partial charge is 0.343 e. The fraction of sp³-hybridized carbons (Fsp3) is 0.0909. The van der Waals surface area contributed by atoms with Gasteiger partial charge in [-0.1, -0.05) is 24.3 Å². The van der Waals surface area contributed by atoms with Crippen LogP contribution >= 0.6 is 0 Å². The maximum absolute atomic E-state index is 14.1. The van der Waals surface area contributed by atoms with Gasteiger partial charge in [-0.25, -0.2) is 22.4 Å². The normalized spacial score (nSPS) is 11.5. The maximum atomic E-state index is 14.1. The van der Waals surface area contributed by atoms with Crippen LogP contribution in [0.5, 0.6) is 0 Å². The Morgan fingerprint density at radius 2 is 1.65 bits per heavy atom. The highest BCUT2D eigenvalue weighted by atomic mass is 19.2. The van der Waals surface area contributed by atoms with Gasteiger partial charge in [0, 0.05) is 6.20 Å². The highest BCUT2D eigenvalue weighted by molar-refractivity contribution is 6.24. The molecule has 0 aliphatic carbocycles. The molecule has 9 heteroatoms. The molecule has 0 unspecified atom stereocenters. The van der Waals surface area contributed by atoms with Crippen LogP contribution in [-0.4, -0.2) is 18.4 Å². The fourth-order valence-corrected chi connectivity index (χ4v) is 2.84. The van der Waals surface area contributed by atoms with Crippen LogP contribution in [0.25, 0.3) is 10.8 Å². The van der Waals surface area contributed by atoms with Crippen molar-refractivity contribution in [3.8, 4) is 0 Å². The second-order valence-corrected chi connectivity index (χ2v) is 6.39. The first-order valence-electron chi connectivity index (χ1n) is 9.04. The van der Waals surface area contributed by atoms with E-state index in [4.69, 9.17) is 10.5 Å². The lowest BCUT2D eigenvalue weighted by molar-refractivity contribution is -0.138. The zero-order valence-electron chi connectivity index (χ0n) is 16.1. The second-order valence-electron chi connectivity index (χ2n) is 6.39. The molecule has 3 rings (SSSR count). The Hall–Kier alpha value is -3.88. The molecule has 0 heterocycles. The first kappa shape index (κ1) is 21.8. The van der Waals surface area contributed by atoms with Crippen molar-refractivity contribution in [1.29, 1.82) is 0 Å². The van der Waals surface area contributed by atoms with Gasteiger partial charge in [0.1, 0.15) is 5.57 Å². The number of carbonyl (C=O) groups is 2. The number of halogens is 4. The quantitative estimate of drug-likeness (QED) is 0.0678. The third-order valence-electron chi connectivity index (χ3n) is 4.38. The van der Waals surface area contributed by atoms with E-state index in [1.54, 1.807) is 24.3 Å². The van der Waals surface area contributed by atoms with E-state index in [9.17, 15) is 27.2 Å². The molecule has 0 fully saturated rings. The minimum atomic E-state index is -2.17. The average Bonchev–Trinajstić information content (AvgIpc) is 2.75. The minimum absolute atomic E-state index is 0.129. The topological polar surface area (TPSA) is 81.4 Å². The lowest BCUT2D eigenvalue weighted by atomic mass is 10.0. The van der Waals surface area contributed by atoms with Crippen molar-refractivity contribution in [3.63, 3.8) is 0 Å². The van der Waals surface area contributed by atoms with Gasteiger partial charge in [-0.15, -0.1) is 0 Å². The number of hydrogen-bond acceptors (Lipinski definition) is 5. The van der Waals surface area contributed by atoms with Crippen LogP contribution in [0.2, 0.25) is 0 Å². The second kappa shape index (κ2) is 8.86. The van der Waals surface area contributed by atoms with E-state index in [0.717, 1.165) is 17.0 Å². The molecule has 31 heavy (non-hydrogen) atoms. The predicted octanol–water partition coefficient (Wildman–Crippen LogP) is 4.72. The van der Waals surface area contributed by atoms with Crippen LogP contribution in [0.1, 0.15) is 17.3 Å². The molecular formula is C22H16F4N2O3. The third kappa shape index (κ3) is 4.35. The number of nitrogens with one attached hydrogen (secondary N) is 1. The highest BCUT2D eigenvalue weighted by Gasteiger charge is 2.28. The molecular weight excluding hydrogens is 416 g/mol. The Morgan fingerprint density at radius 3 is 2.29 bits per heavy atom. The number of Topliss-reactive ketones (excluding diaryl/α,β-unsaturated/α-hetero) is 1. The number of rotatable bonds is 6. The van der Waals surface area contributed by atoms with E-state index in [1.165, 1.54) is 6.92 Å². The number of carbonyl (C=O) groups excluding carboxylic acids is 2. The molecule has 0 saturated heterocycles. The summed E-state index contributed by atoms with van der Waals surface area (Å²) in [6.45, 7) is 1.34. The van der Waals surface area contributed by atoms with Gasteiger partial charge in [0.2, 0.25) is 5.78 Å². The van der Waals surface area contributed by atoms with Crippen molar-refractivity contribution in [3.05, 3.63) is 83.1 Å². The summed E-state index contributed by atoms with van der Waals surface area (Å²) in [5.41, 5.74) is 4.64. The third-order valence-corrected chi connectivity index (χ3v) is 4.38. The fourth-order valence-electron chi connectivity index (χ4n) is 2.84. The Labute approximate surface area is 174 Å². The summed E-state index contributed by atoms with van der Waals surface area (Å²) < 4.78 is 59.2. The van der Waals surface area contributed by atoms with E-state index >= 15 is 0 Å². The minimum Gasteiger partial charge on any atom is -0.462 e. The molecule has 0 radical (unpaired) electrons. The van der Waals surface area contributed by atoms with Crippen LogP contribution in [0.4, 0.5) is 28.9 Å². The summed E-state index contributed by atoms with van der Waals surface area (Å²) in [6, 6.07) is 10.7. The number of nitrogens with two attached hydrogens (primary N) is 1. The summed E-state index contributed by atoms with van der Waals surface area (Å²) in [5, 5.41) is 4.30. The predicted molar refractivity (Wildman–Crippen MR) is 107 cm³/mol. The largest absolute Gasteiger partial charge is 0.462 e. The number of benzene rings is 3. The Bertz CT molecular complexity index is 1230. The number of fused-ring (bicyclic) bond motifs is 1. The standard InChI is InChI=1S/C22H16F4N2O3/c1-2-31-22(30)14(21(29)13-9-15(23)19(25)20(26)18(13)24)10-28-17-8-12-6-4-3-5-11(12)7-16(17)27/h3-10,28H,2,27H2,1H3/b14-10-. The van der Waals surface area contributed by atoms with Crippen LogP contribution in [0.3, 0.4) is 0 Å². The number of ether oxygens (including phenoxy) is 1. The molecule has 3 aromatic carbocycles. The molecule has 0 atom stereocenters. The lowest BCUT2D eigenvalue weighted by Crippen LogP contribution is -2.20. The summed E-state index contributed by atoms with van der Waals surface area (Å²) >= 11 is 0. The van der Waals surface area contributed by atoms with E-state index in [2.05, 4.69) is 5.32 Å². The van der Waals surface area contributed by atoms with E-state index < -0.39 is 46.2 Å². The van der Waals surface area contributed by atoms with Crippen molar-refractivity contribution in [1.82, 2.24) is 0 Å². The van der Waals surface area contributed by atoms with Gasteiger partial charge < -0.3 is 15.8 Å². The first-order chi connectivity index (χ1) is 14.7. The number of hydrogen-bond donors (Lipinski definition) is 2. The van der Waals surface area contributed by atoms with Gasteiger partial charge in [-0.05, 0) is 35.9 Å². The van der Waals surface area contributed by atoms with Gasteiger partial charge in [-0.3, -0.25) is 4.79 Å². The SMILES string of the molecule is CCOC(=O)/C(=C\Nc1cc2ccccc2cc1N)C(=O)c1cc(F)c(F)c(F)c1F.